The molecule has 7 nitrogen and oxygen atoms in total. The summed E-state index contributed by atoms with van der Waals surface area (Å²) in [6, 6.07) is 2.90. The van der Waals surface area contributed by atoms with E-state index in [1.807, 2.05) is 0 Å². The number of carbonyl (C=O) groups excluding carboxylic acids is 2. The van der Waals surface area contributed by atoms with Crippen LogP contribution in [0.2, 0.25) is 0 Å². The van der Waals surface area contributed by atoms with Gasteiger partial charge in [-0.25, -0.2) is 9.37 Å². The van der Waals surface area contributed by atoms with Crippen molar-refractivity contribution in [3.05, 3.63) is 24.1 Å². The number of pyridine rings is 1. The van der Waals surface area contributed by atoms with E-state index < -0.39 is 5.60 Å². The molecule has 0 aromatic carbocycles. The molecule has 0 radical (unpaired) electrons. The molecule has 1 atom stereocenters. The first kappa shape index (κ1) is 17.6. The van der Waals surface area contributed by atoms with Gasteiger partial charge >= 0.3 is 0 Å². The molecular weight excluding hydrogens is 327 g/mol. The van der Waals surface area contributed by atoms with Gasteiger partial charge in [-0.05, 0) is 25.0 Å². The van der Waals surface area contributed by atoms with Crippen molar-refractivity contribution >= 4 is 17.6 Å². The van der Waals surface area contributed by atoms with Gasteiger partial charge in [0.25, 0.3) is 5.91 Å². The lowest BCUT2D eigenvalue weighted by Gasteiger charge is -2.43. The highest BCUT2D eigenvalue weighted by Crippen LogP contribution is 2.25. The third-order valence-corrected chi connectivity index (χ3v) is 4.92. The number of halogens is 1. The van der Waals surface area contributed by atoms with Crippen LogP contribution < -0.4 is 4.90 Å². The number of carbonyl (C=O) groups is 2. The summed E-state index contributed by atoms with van der Waals surface area (Å²) in [5, 5.41) is 10.8. The van der Waals surface area contributed by atoms with Crippen LogP contribution in [0.1, 0.15) is 19.8 Å². The molecular formula is C17H23FN4O3. The van der Waals surface area contributed by atoms with Gasteiger partial charge in [-0.15, -0.1) is 0 Å². The first-order valence-corrected chi connectivity index (χ1v) is 8.53. The van der Waals surface area contributed by atoms with Gasteiger partial charge in [0.2, 0.25) is 5.91 Å². The molecule has 0 bridgehead atoms. The number of likely N-dealkylation sites (tertiary alicyclic amines) is 1. The summed E-state index contributed by atoms with van der Waals surface area (Å²) in [7, 11) is 0. The lowest BCUT2D eigenvalue weighted by atomic mass is 9.91. The number of rotatable bonds is 2. The van der Waals surface area contributed by atoms with Gasteiger partial charge in [0.1, 0.15) is 0 Å². The molecule has 2 amide bonds. The minimum absolute atomic E-state index is 0.0379. The fourth-order valence-corrected chi connectivity index (χ4v) is 3.51. The Morgan fingerprint density at radius 2 is 1.92 bits per heavy atom. The van der Waals surface area contributed by atoms with Crippen molar-refractivity contribution in [3.63, 3.8) is 0 Å². The SMILES string of the molecule is CC(=O)N1CCC[C@@](O)(C(=O)N2CCN(c3ncccc3F)CC2)C1. The van der Waals surface area contributed by atoms with Gasteiger partial charge in [0.15, 0.2) is 17.2 Å². The second kappa shape index (κ2) is 6.95. The van der Waals surface area contributed by atoms with Crippen LogP contribution in [0.3, 0.4) is 0 Å². The van der Waals surface area contributed by atoms with E-state index in [1.54, 1.807) is 9.80 Å². The number of aromatic nitrogens is 1. The van der Waals surface area contributed by atoms with E-state index in [0.29, 0.717) is 45.6 Å². The van der Waals surface area contributed by atoms with E-state index in [2.05, 4.69) is 4.98 Å². The molecule has 0 unspecified atom stereocenters. The number of piperazine rings is 1. The summed E-state index contributed by atoms with van der Waals surface area (Å²) in [6.45, 7) is 3.72. The molecule has 8 heteroatoms. The van der Waals surface area contributed by atoms with Crippen LogP contribution in [-0.4, -0.2) is 76.6 Å². The van der Waals surface area contributed by atoms with Crippen molar-refractivity contribution in [1.29, 1.82) is 0 Å². The Kier molecular flexibility index (Phi) is 4.89. The van der Waals surface area contributed by atoms with Crippen molar-refractivity contribution in [1.82, 2.24) is 14.8 Å². The number of anilines is 1. The van der Waals surface area contributed by atoms with E-state index in [4.69, 9.17) is 0 Å². The number of nitrogens with zero attached hydrogens (tertiary/aromatic N) is 4. The number of amides is 2. The van der Waals surface area contributed by atoms with Crippen LogP contribution in [0.15, 0.2) is 18.3 Å². The quantitative estimate of drug-likeness (QED) is 0.827. The van der Waals surface area contributed by atoms with Gasteiger partial charge in [0.05, 0.1) is 6.54 Å². The Balaban J connectivity index is 1.63. The second-order valence-corrected chi connectivity index (χ2v) is 6.66. The number of hydrogen-bond donors (Lipinski definition) is 1. The largest absolute Gasteiger partial charge is 0.378 e. The molecule has 1 aromatic heterocycles. The molecule has 0 spiro atoms. The molecule has 2 saturated heterocycles. The minimum Gasteiger partial charge on any atom is -0.378 e. The van der Waals surface area contributed by atoms with Crippen LogP contribution in [0.5, 0.6) is 0 Å². The highest BCUT2D eigenvalue weighted by molar-refractivity contribution is 5.86. The van der Waals surface area contributed by atoms with E-state index in [-0.39, 0.29) is 30.0 Å². The average Bonchev–Trinajstić information content (AvgIpc) is 2.62. The summed E-state index contributed by atoms with van der Waals surface area (Å²) in [6.07, 6.45) is 2.49. The highest BCUT2D eigenvalue weighted by atomic mass is 19.1. The lowest BCUT2D eigenvalue weighted by Crippen LogP contribution is -2.61. The maximum atomic E-state index is 13.8. The molecule has 3 heterocycles. The topological polar surface area (TPSA) is 77.0 Å². The van der Waals surface area contributed by atoms with Crippen LogP contribution in [0.25, 0.3) is 0 Å². The van der Waals surface area contributed by atoms with Crippen molar-refractivity contribution in [2.24, 2.45) is 0 Å². The summed E-state index contributed by atoms with van der Waals surface area (Å²) in [4.78, 5) is 33.3. The monoisotopic (exact) mass is 350 g/mol. The van der Waals surface area contributed by atoms with E-state index in [0.717, 1.165) is 0 Å². The Morgan fingerprint density at radius 3 is 2.56 bits per heavy atom. The fourth-order valence-electron chi connectivity index (χ4n) is 3.51. The van der Waals surface area contributed by atoms with Crippen molar-refractivity contribution < 1.29 is 19.1 Å². The summed E-state index contributed by atoms with van der Waals surface area (Å²) < 4.78 is 13.8. The highest BCUT2D eigenvalue weighted by Gasteiger charge is 2.44. The van der Waals surface area contributed by atoms with Gasteiger partial charge in [-0.2, -0.15) is 0 Å². The lowest BCUT2D eigenvalue weighted by molar-refractivity contribution is -0.160. The first-order valence-electron chi connectivity index (χ1n) is 8.53. The molecule has 1 aromatic rings. The van der Waals surface area contributed by atoms with E-state index >= 15 is 0 Å². The average molecular weight is 350 g/mol. The molecule has 136 valence electrons. The Hall–Kier alpha value is -2.22. The fraction of sp³-hybridized carbons (Fsp3) is 0.588. The molecule has 1 N–H and O–H groups in total. The molecule has 25 heavy (non-hydrogen) atoms. The summed E-state index contributed by atoms with van der Waals surface area (Å²) in [5.74, 6) is -0.583. The third kappa shape index (κ3) is 3.58. The normalized spacial score (nSPS) is 24.4. The molecule has 2 aliphatic rings. The smallest absolute Gasteiger partial charge is 0.256 e. The second-order valence-electron chi connectivity index (χ2n) is 6.66. The maximum Gasteiger partial charge on any atom is 0.256 e. The number of piperidine rings is 1. The van der Waals surface area contributed by atoms with Gasteiger partial charge < -0.3 is 19.8 Å². The van der Waals surface area contributed by atoms with Crippen LogP contribution >= 0.6 is 0 Å². The van der Waals surface area contributed by atoms with Crippen molar-refractivity contribution in [2.45, 2.75) is 25.4 Å². The number of hydrogen-bond acceptors (Lipinski definition) is 5. The Bertz CT molecular complexity index is 663. The molecule has 0 aliphatic carbocycles. The van der Waals surface area contributed by atoms with Crippen LogP contribution in [-0.2, 0) is 9.59 Å². The van der Waals surface area contributed by atoms with Crippen molar-refractivity contribution in [3.8, 4) is 0 Å². The van der Waals surface area contributed by atoms with Gasteiger partial charge in [-0.3, -0.25) is 9.59 Å². The van der Waals surface area contributed by atoms with Gasteiger partial charge in [-0.1, -0.05) is 0 Å². The number of β-amino-alcohol motifs (C(OH)–C–C–N with tert-alkyl or cyclic N) is 1. The third-order valence-electron chi connectivity index (χ3n) is 4.92. The number of aliphatic hydroxyl groups is 1. The Labute approximate surface area is 146 Å². The van der Waals surface area contributed by atoms with E-state index in [9.17, 15) is 19.1 Å². The molecule has 2 aliphatic heterocycles. The predicted octanol–water partition coefficient (Wildman–Crippen LogP) is 0.243. The molecule has 3 rings (SSSR count). The van der Waals surface area contributed by atoms with Crippen LogP contribution in [0.4, 0.5) is 10.2 Å². The summed E-state index contributed by atoms with van der Waals surface area (Å²) >= 11 is 0. The zero-order valence-corrected chi connectivity index (χ0v) is 14.3. The zero-order chi connectivity index (χ0) is 18.0. The molecule has 2 fully saturated rings. The Morgan fingerprint density at radius 1 is 1.20 bits per heavy atom. The minimum atomic E-state index is -1.53. The first-order chi connectivity index (χ1) is 11.9. The predicted molar refractivity (Wildman–Crippen MR) is 89.4 cm³/mol. The standard InChI is InChI=1S/C17H23FN4O3/c1-13(23)22-7-3-5-17(25,12-22)16(24)21-10-8-20(9-11-21)15-14(18)4-2-6-19-15/h2,4,6,25H,3,5,7-12H2,1H3/t17-/m0/s1. The van der Waals surface area contributed by atoms with E-state index in [1.165, 1.54) is 30.2 Å². The van der Waals surface area contributed by atoms with Crippen LogP contribution in [0, 0.1) is 5.82 Å². The summed E-state index contributed by atoms with van der Waals surface area (Å²) in [5.41, 5.74) is -1.53. The van der Waals surface area contributed by atoms with Crippen molar-refractivity contribution in [2.75, 3.05) is 44.2 Å². The zero-order valence-electron chi connectivity index (χ0n) is 14.3. The maximum absolute atomic E-state index is 13.8. The van der Waals surface area contributed by atoms with Gasteiger partial charge in [0, 0.05) is 45.8 Å². The molecule has 0 saturated carbocycles.